The van der Waals surface area contributed by atoms with Crippen LogP contribution in [0, 0.1) is 6.92 Å². The van der Waals surface area contributed by atoms with Gasteiger partial charge in [0.25, 0.3) is 0 Å². The standard InChI is InChI=1S/C23H27N5O2S2/c1-15(2)27-13-7-9-20(27)22-21(19-8-5-6-12-24-19)25-23(31)28(22)17-10-11-18(16(3)14-17)26-32(4,29)30/h5-15,21-22,26H,1-4H3,(H,25,31)/t21-,22-/m0/s1. The van der Waals surface area contributed by atoms with E-state index in [4.69, 9.17) is 12.2 Å². The molecule has 168 valence electrons. The number of nitrogens with zero attached hydrogens (tertiary/aromatic N) is 3. The lowest BCUT2D eigenvalue weighted by molar-refractivity contribution is 0.497. The summed E-state index contributed by atoms with van der Waals surface area (Å²) in [5.74, 6) is 0. The molecule has 1 aliphatic rings. The summed E-state index contributed by atoms with van der Waals surface area (Å²) in [6.45, 7) is 6.19. The highest BCUT2D eigenvalue weighted by Gasteiger charge is 2.42. The van der Waals surface area contributed by atoms with Crippen LogP contribution in [0.25, 0.3) is 0 Å². The van der Waals surface area contributed by atoms with E-state index in [0.717, 1.165) is 28.9 Å². The summed E-state index contributed by atoms with van der Waals surface area (Å²) in [5, 5.41) is 4.07. The molecule has 2 aromatic heterocycles. The highest BCUT2D eigenvalue weighted by atomic mass is 32.2. The average molecular weight is 470 g/mol. The summed E-state index contributed by atoms with van der Waals surface area (Å²) in [5.41, 5.74) is 4.29. The van der Waals surface area contributed by atoms with Gasteiger partial charge in [-0.2, -0.15) is 0 Å². The van der Waals surface area contributed by atoms with Gasteiger partial charge in [-0.3, -0.25) is 9.71 Å². The van der Waals surface area contributed by atoms with Crippen molar-refractivity contribution in [3.8, 4) is 0 Å². The smallest absolute Gasteiger partial charge is 0.229 e. The third kappa shape index (κ3) is 4.35. The van der Waals surface area contributed by atoms with Crippen LogP contribution in [0.4, 0.5) is 11.4 Å². The molecule has 0 bridgehead atoms. The van der Waals surface area contributed by atoms with Gasteiger partial charge in [0.2, 0.25) is 10.0 Å². The van der Waals surface area contributed by atoms with E-state index >= 15 is 0 Å². The summed E-state index contributed by atoms with van der Waals surface area (Å²) in [7, 11) is -3.36. The minimum absolute atomic E-state index is 0.122. The predicted octanol–water partition coefficient (Wildman–Crippen LogP) is 4.32. The lowest BCUT2D eigenvalue weighted by Crippen LogP contribution is -2.30. The van der Waals surface area contributed by atoms with Crippen molar-refractivity contribution in [3.05, 3.63) is 77.9 Å². The maximum absolute atomic E-state index is 11.7. The zero-order valence-corrected chi connectivity index (χ0v) is 20.1. The number of hydrogen-bond acceptors (Lipinski definition) is 4. The first-order valence-electron chi connectivity index (χ1n) is 10.4. The van der Waals surface area contributed by atoms with Crippen molar-refractivity contribution >= 4 is 38.7 Å². The van der Waals surface area contributed by atoms with Gasteiger partial charge in [0.15, 0.2) is 5.11 Å². The molecular weight excluding hydrogens is 442 g/mol. The van der Waals surface area contributed by atoms with Gasteiger partial charge in [-0.25, -0.2) is 8.42 Å². The zero-order chi connectivity index (χ0) is 23.0. The summed E-state index contributed by atoms with van der Waals surface area (Å²) in [6.07, 6.45) is 5.02. The fourth-order valence-electron chi connectivity index (χ4n) is 4.17. The number of hydrogen-bond donors (Lipinski definition) is 2. The minimum atomic E-state index is -3.36. The third-order valence-corrected chi connectivity index (χ3v) is 6.46. The average Bonchev–Trinajstić information content (AvgIpc) is 3.33. The summed E-state index contributed by atoms with van der Waals surface area (Å²) in [6, 6.07) is 15.7. The number of thiocarbonyl (C=S) groups is 1. The van der Waals surface area contributed by atoms with Crippen LogP contribution in [0.15, 0.2) is 60.9 Å². The first-order valence-corrected chi connectivity index (χ1v) is 12.7. The number of rotatable bonds is 6. The lowest BCUT2D eigenvalue weighted by Gasteiger charge is -2.30. The van der Waals surface area contributed by atoms with E-state index < -0.39 is 10.0 Å². The van der Waals surface area contributed by atoms with Crippen molar-refractivity contribution in [2.24, 2.45) is 0 Å². The van der Waals surface area contributed by atoms with Gasteiger partial charge in [0.1, 0.15) is 6.04 Å². The molecular formula is C23H27N5O2S2. The van der Waals surface area contributed by atoms with Crippen molar-refractivity contribution < 1.29 is 8.42 Å². The van der Waals surface area contributed by atoms with E-state index in [9.17, 15) is 8.42 Å². The van der Waals surface area contributed by atoms with E-state index in [1.54, 1.807) is 12.3 Å². The Balaban J connectivity index is 1.82. The first kappa shape index (κ1) is 22.3. The van der Waals surface area contributed by atoms with Crippen LogP contribution in [-0.2, 0) is 10.0 Å². The van der Waals surface area contributed by atoms with Gasteiger partial charge in [-0.1, -0.05) is 6.07 Å². The van der Waals surface area contributed by atoms with E-state index in [2.05, 4.69) is 56.7 Å². The highest BCUT2D eigenvalue weighted by Crippen LogP contribution is 2.42. The van der Waals surface area contributed by atoms with Crippen molar-refractivity contribution in [1.29, 1.82) is 0 Å². The Kier molecular flexibility index (Phi) is 5.96. The number of sulfonamides is 1. The predicted molar refractivity (Wildman–Crippen MR) is 132 cm³/mol. The Bertz CT molecular complexity index is 1240. The Hall–Kier alpha value is -2.91. The van der Waals surface area contributed by atoms with Crippen molar-refractivity contribution in [3.63, 3.8) is 0 Å². The number of pyridine rings is 1. The van der Waals surface area contributed by atoms with Crippen molar-refractivity contribution in [2.75, 3.05) is 15.9 Å². The normalized spacial score (nSPS) is 18.8. The van der Waals surface area contributed by atoms with Gasteiger partial charge in [-0.15, -0.1) is 0 Å². The number of anilines is 2. The number of aryl methyl sites for hydroxylation is 1. The molecule has 1 aliphatic heterocycles. The maximum atomic E-state index is 11.7. The summed E-state index contributed by atoms with van der Waals surface area (Å²) >= 11 is 5.79. The Morgan fingerprint density at radius 3 is 2.56 bits per heavy atom. The molecule has 0 radical (unpaired) electrons. The maximum Gasteiger partial charge on any atom is 0.229 e. The Morgan fingerprint density at radius 1 is 1.16 bits per heavy atom. The van der Waals surface area contributed by atoms with Gasteiger partial charge < -0.3 is 14.8 Å². The van der Waals surface area contributed by atoms with Gasteiger partial charge >= 0.3 is 0 Å². The SMILES string of the molecule is Cc1cc(N2C(=S)N[C@@H](c3ccccn3)[C@@H]2c2cccn2C(C)C)ccc1NS(C)(=O)=O. The molecule has 2 N–H and O–H groups in total. The van der Waals surface area contributed by atoms with Crippen LogP contribution in [0.2, 0.25) is 0 Å². The molecule has 2 atom stereocenters. The molecule has 1 aromatic carbocycles. The van der Waals surface area contributed by atoms with Crippen LogP contribution >= 0.6 is 12.2 Å². The first-order chi connectivity index (χ1) is 15.2. The highest BCUT2D eigenvalue weighted by molar-refractivity contribution is 7.92. The fraction of sp³-hybridized carbons (Fsp3) is 0.304. The molecule has 0 spiro atoms. The summed E-state index contributed by atoms with van der Waals surface area (Å²) < 4.78 is 28.2. The topological polar surface area (TPSA) is 79.3 Å². The number of aromatic nitrogens is 2. The van der Waals surface area contributed by atoms with Crippen LogP contribution < -0.4 is 14.9 Å². The second-order valence-corrected chi connectivity index (χ2v) is 10.4. The Morgan fingerprint density at radius 2 is 1.94 bits per heavy atom. The van der Waals surface area contributed by atoms with E-state index in [1.807, 2.05) is 37.3 Å². The molecule has 0 amide bonds. The van der Waals surface area contributed by atoms with E-state index in [-0.39, 0.29) is 18.1 Å². The van der Waals surface area contributed by atoms with Gasteiger partial charge in [0.05, 0.1) is 23.7 Å². The molecule has 32 heavy (non-hydrogen) atoms. The number of benzene rings is 1. The summed E-state index contributed by atoms with van der Waals surface area (Å²) in [4.78, 5) is 6.69. The van der Waals surface area contributed by atoms with Crippen molar-refractivity contribution in [1.82, 2.24) is 14.9 Å². The van der Waals surface area contributed by atoms with Crippen LogP contribution in [0.1, 0.15) is 48.9 Å². The lowest BCUT2D eigenvalue weighted by atomic mass is 10.00. The van der Waals surface area contributed by atoms with Crippen LogP contribution in [0.5, 0.6) is 0 Å². The molecule has 0 aliphatic carbocycles. The zero-order valence-electron chi connectivity index (χ0n) is 18.5. The van der Waals surface area contributed by atoms with E-state index in [0.29, 0.717) is 10.8 Å². The molecule has 0 saturated carbocycles. The molecule has 3 heterocycles. The number of nitrogens with one attached hydrogen (secondary N) is 2. The molecule has 1 fully saturated rings. The minimum Gasteiger partial charge on any atom is -0.351 e. The monoisotopic (exact) mass is 469 g/mol. The van der Waals surface area contributed by atoms with Gasteiger partial charge in [0, 0.05) is 29.8 Å². The van der Waals surface area contributed by atoms with Crippen LogP contribution in [0.3, 0.4) is 0 Å². The second-order valence-electron chi connectivity index (χ2n) is 8.30. The fourth-order valence-corrected chi connectivity index (χ4v) is 5.15. The van der Waals surface area contributed by atoms with Gasteiger partial charge in [-0.05, 0) is 81.0 Å². The quantitative estimate of drug-likeness (QED) is 0.524. The van der Waals surface area contributed by atoms with Crippen molar-refractivity contribution in [2.45, 2.75) is 38.9 Å². The largest absolute Gasteiger partial charge is 0.351 e. The molecule has 7 nitrogen and oxygen atoms in total. The molecule has 3 aromatic rings. The molecule has 1 saturated heterocycles. The second kappa shape index (κ2) is 8.55. The third-order valence-electron chi connectivity index (χ3n) is 5.55. The molecule has 4 rings (SSSR count). The van der Waals surface area contributed by atoms with Crippen LogP contribution in [-0.4, -0.2) is 29.3 Å². The Labute approximate surface area is 194 Å². The van der Waals surface area contributed by atoms with E-state index in [1.165, 1.54) is 0 Å². The molecule has 9 heteroatoms. The molecule has 0 unspecified atom stereocenters.